The highest BCUT2D eigenvalue weighted by Gasteiger charge is 2.39. The van der Waals surface area contributed by atoms with E-state index in [1.165, 1.54) is 0 Å². The second-order valence-corrected chi connectivity index (χ2v) is 3.58. The monoisotopic (exact) mass is 183 g/mol. The fraction of sp³-hybridized carbons (Fsp3) is 0.833. The minimum absolute atomic E-state index is 0.0339. The summed E-state index contributed by atoms with van der Waals surface area (Å²) in [4.78, 5) is 3.41. The van der Waals surface area contributed by atoms with Crippen molar-refractivity contribution in [3.8, 4) is 0 Å². The summed E-state index contributed by atoms with van der Waals surface area (Å²) in [5.74, 6) is 0. The van der Waals surface area contributed by atoms with E-state index in [1.54, 1.807) is 0 Å². The number of hydrogen-bond donors (Lipinski definition) is 0. The van der Waals surface area contributed by atoms with E-state index < -0.39 is 11.2 Å². The maximum Gasteiger partial charge on any atom is 0.439 e. The van der Waals surface area contributed by atoms with E-state index >= 15 is 0 Å². The Kier molecular flexibility index (Phi) is 2.47. The molecule has 0 aliphatic carbocycles. The SMILES string of the molecule is CCC1CN=C(C(F)(F)F)S1. The van der Waals surface area contributed by atoms with Crippen molar-refractivity contribution in [3.63, 3.8) is 0 Å². The molecule has 0 N–H and O–H groups in total. The molecule has 0 saturated carbocycles. The summed E-state index contributed by atoms with van der Waals surface area (Å²) in [5, 5.41) is -0.629. The van der Waals surface area contributed by atoms with Crippen LogP contribution in [0.4, 0.5) is 13.2 Å². The van der Waals surface area contributed by atoms with Crippen LogP contribution in [0, 0.1) is 0 Å². The minimum atomic E-state index is -4.23. The van der Waals surface area contributed by atoms with Gasteiger partial charge in [0.05, 0.1) is 6.54 Å². The second kappa shape index (κ2) is 3.05. The van der Waals surface area contributed by atoms with Crippen LogP contribution in [0.3, 0.4) is 0 Å². The van der Waals surface area contributed by atoms with E-state index in [4.69, 9.17) is 0 Å². The Labute approximate surface area is 67.1 Å². The first-order valence-corrected chi connectivity index (χ1v) is 4.20. The molecule has 0 amide bonds. The van der Waals surface area contributed by atoms with Gasteiger partial charge < -0.3 is 0 Å². The highest BCUT2D eigenvalue weighted by Crippen LogP contribution is 2.33. The fourth-order valence-corrected chi connectivity index (χ4v) is 1.70. The van der Waals surface area contributed by atoms with E-state index in [1.807, 2.05) is 6.92 Å². The van der Waals surface area contributed by atoms with Crippen molar-refractivity contribution in [2.75, 3.05) is 6.54 Å². The number of rotatable bonds is 1. The molecule has 1 unspecified atom stereocenters. The summed E-state index contributed by atoms with van der Waals surface area (Å²) in [6, 6.07) is 0. The Bertz CT molecular complexity index is 175. The van der Waals surface area contributed by atoms with Crippen LogP contribution in [-0.2, 0) is 0 Å². The number of hydrogen-bond acceptors (Lipinski definition) is 2. The highest BCUT2D eigenvalue weighted by atomic mass is 32.2. The molecule has 0 saturated heterocycles. The van der Waals surface area contributed by atoms with Crippen molar-refractivity contribution in [2.24, 2.45) is 4.99 Å². The molecule has 1 aliphatic heterocycles. The number of nitrogens with zero attached hydrogens (tertiary/aromatic N) is 1. The predicted octanol–water partition coefficient (Wildman–Crippen LogP) is 2.47. The van der Waals surface area contributed by atoms with Crippen molar-refractivity contribution in [1.82, 2.24) is 0 Å². The first-order chi connectivity index (χ1) is 5.04. The maximum atomic E-state index is 11.9. The van der Waals surface area contributed by atoms with Gasteiger partial charge in [-0.2, -0.15) is 13.2 Å². The first-order valence-electron chi connectivity index (χ1n) is 3.32. The summed E-state index contributed by atoms with van der Waals surface area (Å²) in [5.41, 5.74) is 0. The van der Waals surface area contributed by atoms with Gasteiger partial charge in [0.15, 0.2) is 5.04 Å². The van der Waals surface area contributed by atoms with Crippen LogP contribution in [0.2, 0.25) is 0 Å². The van der Waals surface area contributed by atoms with Gasteiger partial charge in [0, 0.05) is 5.25 Å². The third-order valence-corrected chi connectivity index (χ3v) is 2.81. The lowest BCUT2D eigenvalue weighted by molar-refractivity contribution is -0.0554. The summed E-state index contributed by atoms with van der Waals surface area (Å²) >= 11 is 0.843. The zero-order valence-corrected chi connectivity index (χ0v) is 6.80. The average molecular weight is 183 g/mol. The molecule has 0 aromatic heterocycles. The number of alkyl halides is 3. The first kappa shape index (κ1) is 8.90. The fourth-order valence-electron chi connectivity index (χ4n) is 0.786. The molecule has 0 aromatic carbocycles. The van der Waals surface area contributed by atoms with Gasteiger partial charge in [-0.25, -0.2) is 0 Å². The Morgan fingerprint density at radius 1 is 1.64 bits per heavy atom. The van der Waals surface area contributed by atoms with E-state index in [2.05, 4.69) is 4.99 Å². The predicted molar refractivity (Wildman–Crippen MR) is 40.0 cm³/mol. The lowest BCUT2D eigenvalue weighted by Gasteiger charge is -2.06. The van der Waals surface area contributed by atoms with E-state index in [0.29, 0.717) is 6.54 Å². The lowest BCUT2D eigenvalue weighted by atomic mass is 10.3. The van der Waals surface area contributed by atoms with Crippen molar-refractivity contribution in [2.45, 2.75) is 24.8 Å². The molecule has 1 heterocycles. The molecule has 0 bridgehead atoms. The van der Waals surface area contributed by atoms with Crippen LogP contribution < -0.4 is 0 Å². The quantitative estimate of drug-likeness (QED) is 0.608. The van der Waals surface area contributed by atoms with Crippen LogP contribution in [-0.4, -0.2) is 23.0 Å². The minimum Gasteiger partial charge on any atom is -0.273 e. The molecule has 0 spiro atoms. The normalized spacial score (nSPS) is 25.5. The van der Waals surface area contributed by atoms with Crippen LogP contribution in [0.15, 0.2) is 4.99 Å². The van der Waals surface area contributed by atoms with Gasteiger partial charge in [0.1, 0.15) is 0 Å². The van der Waals surface area contributed by atoms with Crippen molar-refractivity contribution < 1.29 is 13.2 Å². The summed E-state index contributed by atoms with van der Waals surface area (Å²) < 4.78 is 35.8. The van der Waals surface area contributed by atoms with Crippen LogP contribution in [0.1, 0.15) is 13.3 Å². The summed E-state index contributed by atoms with van der Waals surface area (Å²) in [7, 11) is 0. The molecular weight excluding hydrogens is 175 g/mol. The number of aliphatic imine (C=N–C) groups is 1. The molecule has 0 aromatic rings. The molecule has 11 heavy (non-hydrogen) atoms. The third kappa shape index (κ3) is 2.12. The Morgan fingerprint density at radius 2 is 2.27 bits per heavy atom. The zero-order chi connectivity index (χ0) is 8.48. The van der Waals surface area contributed by atoms with Crippen molar-refractivity contribution >= 4 is 16.8 Å². The summed E-state index contributed by atoms with van der Waals surface area (Å²) in [6.07, 6.45) is -3.48. The third-order valence-electron chi connectivity index (χ3n) is 1.41. The topological polar surface area (TPSA) is 12.4 Å². The molecule has 0 fully saturated rings. The molecular formula is C6H8F3NS. The Morgan fingerprint density at radius 3 is 2.55 bits per heavy atom. The van der Waals surface area contributed by atoms with Gasteiger partial charge in [-0.05, 0) is 6.42 Å². The Hall–Kier alpha value is -0.190. The Balaban J connectivity index is 2.53. The lowest BCUT2D eigenvalue weighted by Crippen LogP contribution is -2.18. The van der Waals surface area contributed by atoms with Crippen molar-refractivity contribution in [3.05, 3.63) is 0 Å². The van der Waals surface area contributed by atoms with E-state index in [-0.39, 0.29) is 5.25 Å². The standard InChI is InChI=1S/C6H8F3NS/c1-2-4-3-10-5(11-4)6(7,8)9/h4H,2-3H2,1H3. The van der Waals surface area contributed by atoms with Gasteiger partial charge >= 0.3 is 6.18 Å². The maximum absolute atomic E-state index is 11.9. The van der Waals surface area contributed by atoms with Crippen LogP contribution in [0.5, 0.6) is 0 Å². The molecule has 0 radical (unpaired) electrons. The molecule has 1 aliphatic rings. The van der Waals surface area contributed by atoms with Gasteiger partial charge in [0.25, 0.3) is 0 Å². The molecule has 1 nitrogen and oxygen atoms in total. The second-order valence-electron chi connectivity index (χ2n) is 2.29. The van der Waals surface area contributed by atoms with E-state index in [9.17, 15) is 13.2 Å². The molecule has 1 atom stereocenters. The molecule has 5 heteroatoms. The summed E-state index contributed by atoms with van der Waals surface area (Å²) in [6.45, 7) is 2.18. The smallest absolute Gasteiger partial charge is 0.273 e. The van der Waals surface area contributed by atoms with Gasteiger partial charge in [-0.3, -0.25) is 4.99 Å². The van der Waals surface area contributed by atoms with Gasteiger partial charge in [-0.1, -0.05) is 18.7 Å². The zero-order valence-electron chi connectivity index (χ0n) is 5.98. The van der Waals surface area contributed by atoms with Gasteiger partial charge in [0.2, 0.25) is 0 Å². The van der Waals surface area contributed by atoms with Crippen LogP contribution >= 0.6 is 11.8 Å². The number of halogens is 3. The van der Waals surface area contributed by atoms with Gasteiger partial charge in [-0.15, -0.1) is 0 Å². The molecule has 64 valence electrons. The highest BCUT2D eigenvalue weighted by molar-refractivity contribution is 8.14. The molecule has 1 rings (SSSR count). The van der Waals surface area contributed by atoms with Crippen LogP contribution in [0.25, 0.3) is 0 Å². The van der Waals surface area contributed by atoms with Crippen molar-refractivity contribution in [1.29, 1.82) is 0 Å². The largest absolute Gasteiger partial charge is 0.439 e. The average Bonchev–Trinajstić information content (AvgIpc) is 2.32. The number of thioether (sulfide) groups is 1. The van der Waals surface area contributed by atoms with E-state index in [0.717, 1.165) is 18.2 Å².